The van der Waals surface area contributed by atoms with Gasteiger partial charge in [-0.2, -0.15) is 0 Å². The van der Waals surface area contributed by atoms with Crippen LogP contribution in [0.2, 0.25) is 0 Å². The number of aliphatic hydroxyl groups is 1. The fourth-order valence-electron chi connectivity index (χ4n) is 1.74. The molecule has 0 aromatic heterocycles. The number of likely N-dealkylation sites (tertiary alicyclic amines) is 1. The SMILES string of the molecule is C=C(C)N=C/C(=C\C)CN1CCC(O)CC1. The van der Waals surface area contributed by atoms with Gasteiger partial charge in [0.1, 0.15) is 0 Å². The molecule has 0 amide bonds. The van der Waals surface area contributed by atoms with Gasteiger partial charge in [0.15, 0.2) is 0 Å². The molecule has 1 N–H and O–H groups in total. The summed E-state index contributed by atoms with van der Waals surface area (Å²) in [4.78, 5) is 6.57. The molecular formula is C13H22N2O. The molecule has 1 saturated heterocycles. The molecule has 0 radical (unpaired) electrons. The Kier molecular flexibility index (Phi) is 5.43. The van der Waals surface area contributed by atoms with Gasteiger partial charge in [-0.3, -0.25) is 9.89 Å². The Balaban J connectivity index is 2.42. The van der Waals surface area contributed by atoms with Crippen molar-refractivity contribution in [3.63, 3.8) is 0 Å². The second-order valence-electron chi connectivity index (χ2n) is 4.36. The fraction of sp³-hybridized carbons (Fsp3) is 0.615. The highest BCUT2D eigenvalue weighted by atomic mass is 16.3. The van der Waals surface area contributed by atoms with Crippen LogP contribution in [0.3, 0.4) is 0 Å². The lowest BCUT2D eigenvalue weighted by Crippen LogP contribution is -2.37. The second-order valence-corrected chi connectivity index (χ2v) is 4.36. The van der Waals surface area contributed by atoms with Gasteiger partial charge in [0.2, 0.25) is 0 Å². The van der Waals surface area contributed by atoms with Gasteiger partial charge in [0.05, 0.1) is 6.10 Å². The van der Waals surface area contributed by atoms with Gasteiger partial charge in [-0.05, 0) is 32.3 Å². The Bertz CT molecular complexity index is 286. The molecule has 3 heteroatoms. The summed E-state index contributed by atoms with van der Waals surface area (Å²) in [5, 5.41) is 9.42. The first-order valence-corrected chi connectivity index (χ1v) is 5.87. The van der Waals surface area contributed by atoms with Crippen molar-refractivity contribution < 1.29 is 5.11 Å². The number of nitrogens with zero attached hydrogens (tertiary/aromatic N) is 2. The summed E-state index contributed by atoms with van der Waals surface area (Å²) < 4.78 is 0. The first-order valence-electron chi connectivity index (χ1n) is 5.87. The zero-order valence-electron chi connectivity index (χ0n) is 10.3. The maximum atomic E-state index is 9.42. The molecule has 0 bridgehead atoms. The van der Waals surface area contributed by atoms with E-state index in [-0.39, 0.29) is 6.10 Å². The second kappa shape index (κ2) is 6.61. The Hall–Kier alpha value is -0.930. The Labute approximate surface area is 98.2 Å². The molecule has 0 aromatic carbocycles. The van der Waals surface area contributed by atoms with E-state index in [1.807, 2.05) is 20.1 Å². The van der Waals surface area contributed by atoms with E-state index < -0.39 is 0 Å². The lowest BCUT2D eigenvalue weighted by atomic mass is 10.1. The number of aliphatic imine (C=N–C) groups is 1. The maximum absolute atomic E-state index is 9.42. The highest BCUT2D eigenvalue weighted by molar-refractivity contribution is 5.79. The van der Waals surface area contributed by atoms with Crippen LogP contribution in [0.15, 0.2) is 28.9 Å². The van der Waals surface area contributed by atoms with Crippen LogP contribution in [0.4, 0.5) is 0 Å². The summed E-state index contributed by atoms with van der Waals surface area (Å²) in [7, 11) is 0. The zero-order valence-corrected chi connectivity index (χ0v) is 10.3. The van der Waals surface area contributed by atoms with E-state index in [1.54, 1.807) is 0 Å². The highest BCUT2D eigenvalue weighted by Gasteiger charge is 2.16. The molecule has 90 valence electrons. The maximum Gasteiger partial charge on any atom is 0.0564 e. The quantitative estimate of drug-likeness (QED) is 0.738. The minimum atomic E-state index is -0.102. The van der Waals surface area contributed by atoms with E-state index in [2.05, 4.69) is 22.5 Å². The summed E-state index contributed by atoms with van der Waals surface area (Å²) in [5.41, 5.74) is 2.04. The van der Waals surface area contributed by atoms with E-state index >= 15 is 0 Å². The van der Waals surface area contributed by atoms with Gasteiger partial charge < -0.3 is 5.11 Å². The standard InChI is InChI=1S/C13H22N2O/c1-4-12(9-14-11(2)3)10-15-7-5-13(16)6-8-15/h4,9,13,16H,2,5-8,10H2,1,3H3/b12-4+,14-9?. The summed E-state index contributed by atoms with van der Waals surface area (Å²) in [6.45, 7) is 10.5. The molecule has 16 heavy (non-hydrogen) atoms. The van der Waals surface area contributed by atoms with Crippen LogP contribution in [0, 0.1) is 0 Å². The molecule has 0 saturated carbocycles. The summed E-state index contributed by atoms with van der Waals surface area (Å²) >= 11 is 0. The average molecular weight is 222 g/mol. The van der Waals surface area contributed by atoms with Crippen molar-refractivity contribution in [1.29, 1.82) is 0 Å². The van der Waals surface area contributed by atoms with Crippen molar-refractivity contribution in [3.05, 3.63) is 23.9 Å². The molecular weight excluding hydrogens is 200 g/mol. The van der Waals surface area contributed by atoms with Gasteiger partial charge >= 0.3 is 0 Å². The first-order chi connectivity index (χ1) is 7.61. The number of aliphatic hydroxyl groups excluding tert-OH is 1. The monoisotopic (exact) mass is 222 g/mol. The lowest BCUT2D eigenvalue weighted by molar-refractivity contribution is 0.0875. The fourth-order valence-corrected chi connectivity index (χ4v) is 1.74. The first kappa shape index (κ1) is 13.1. The van der Waals surface area contributed by atoms with Crippen molar-refractivity contribution >= 4 is 6.21 Å². The molecule has 3 nitrogen and oxygen atoms in total. The van der Waals surface area contributed by atoms with E-state index in [0.717, 1.165) is 38.2 Å². The van der Waals surface area contributed by atoms with E-state index in [9.17, 15) is 5.11 Å². The third-order valence-corrected chi connectivity index (χ3v) is 2.78. The molecule has 1 aliphatic rings. The molecule has 0 aliphatic carbocycles. The van der Waals surface area contributed by atoms with Crippen LogP contribution in [0.25, 0.3) is 0 Å². The zero-order chi connectivity index (χ0) is 12.0. The van der Waals surface area contributed by atoms with Crippen LogP contribution in [-0.4, -0.2) is 42.0 Å². The smallest absolute Gasteiger partial charge is 0.0564 e. The third-order valence-electron chi connectivity index (χ3n) is 2.78. The highest BCUT2D eigenvalue weighted by Crippen LogP contribution is 2.11. The normalized spacial score (nSPS) is 20.6. The third kappa shape index (κ3) is 4.73. The molecule has 1 rings (SSSR count). The number of allylic oxidation sites excluding steroid dienone is 2. The van der Waals surface area contributed by atoms with Crippen LogP contribution >= 0.6 is 0 Å². The predicted molar refractivity (Wildman–Crippen MR) is 68.7 cm³/mol. The molecule has 1 fully saturated rings. The Morgan fingerprint density at radius 2 is 2.12 bits per heavy atom. The molecule has 0 aromatic rings. The topological polar surface area (TPSA) is 35.8 Å². The molecule has 0 unspecified atom stereocenters. The van der Waals surface area contributed by atoms with E-state index in [0.29, 0.717) is 0 Å². The van der Waals surface area contributed by atoms with Crippen molar-refractivity contribution in [1.82, 2.24) is 4.90 Å². The van der Waals surface area contributed by atoms with Crippen molar-refractivity contribution in [3.8, 4) is 0 Å². The van der Waals surface area contributed by atoms with E-state index in [4.69, 9.17) is 0 Å². The molecule has 1 heterocycles. The minimum absolute atomic E-state index is 0.102. The Morgan fingerprint density at radius 1 is 1.50 bits per heavy atom. The van der Waals surface area contributed by atoms with Crippen LogP contribution in [-0.2, 0) is 0 Å². The van der Waals surface area contributed by atoms with Crippen LogP contribution < -0.4 is 0 Å². The lowest BCUT2D eigenvalue weighted by Gasteiger charge is -2.29. The van der Waals surface area contributed by atoms with Crippen molar-refractivity contribution in [2.45, 2.75) is 32.8 Å². The molecule has 1 aliphatic heterocycles. The number of hydrogen-bond acceptors (Lipinski definition) is 3. The van der Waals surface area contributed by atoms with Crippen LogP contribution in [0.1, 0.15) is 26.7 Å². The van der Waals surface area contributed by atoms with Gasteiger partial charge in [-0.1, -0.05) is 12.7 Å². The van der Waals surface area contributed by atoms with Crippen LogP contribution in [0.5, 0.6) is 0 Å². The summed E-state index contributed by atoms with van der Waals surface area (Å²) in [6, 6.07) is 0. The van der Waals surface area contributed by atoms with E-state index in [1.165, 1.54) is 5.57 Å². The summed E-state index contributed by atoms with van der Waals surface area (Å²) in [6.07, 6.45) is 5.63. The molecule has 0 atom stereocenters. The van der Waals surface area contributed by atoms with Crippen molar-refractivity contribution in [2.75, 3.05) is 19.6 Å². The Morgan fingerprint density at radius 3 is 2.62 bits per heavy atom. The summed E-state index contributed by atoms with van der Waals surface area (Å²) in [5.74, 6) is 0. The van der Waals surface area contributed by atoms with Gasteiger partial charge in [-0.25, -0.2) is 0 Å². The van der Waals surface area contributed by atoms with Gasteiger partial charge in [0.25, 0.3) is 0 Å². The van der Waals surface area contributed by atoms with Gasteiger partial charge in [-0.15, -0.1) is 0 Å². The number of piperidine rings is 1. The minimum Gasteiger partial charge on any atom is -0.393 e. The number of hydrogen-bond donors (Lipinski definition) is 1. The average Bonchev–Trinajstić information content (AvgIpc) is 2.26. The molecule has 0 spiro atoms. The van der Waals surface area contributed by atoms with Crippen molar-refractivity contribution in [2.24, 2.45) is 4.99 Å². The number of rotatable bonds is 4. The predicted octanol–water partition coefficient (Wildman–Crippen LogP) is 1.99. The van der Waals surface area contributed by atoms with Gasteiger partial charge in [0, 0.05) is 31.5 Å². The largest absolute Gasteiger partial charge is 0.393 e.